The van der Waals surface area contributed by atoms with Gasteiger partial charge in [0, 0.05) is 54.5 Å². The number of aryl methyl sites for hydroxylation is 4. The number of aromatic nitrogens is 6. The zero-order valence-electron chi connectivity index (χ0n) is 27.5. The maximum atomic E-state index is 4.64. The van der Waals surface area contributed by atoms with Gasteiger partial charge in [-0.25, -0.2) is 0 Å². The number of hydrogen-bond donors (Lipinski definition) is 0. The van der Waals surface area contributed by atoms with Crippen LogP contribution in [-0.4, -0.2) is 30.4 Å². The Morgan fingerprint density at radius 1 is 0.469 bits per heavy atom. The first-order valence-electron chi connectivity index (χ1n) is 16.3. The van der Waals surface area contributed by atoms with Crippen molar-refractivity contribution in [1.29, 1.82) is 0 Å². The molecular weight excluding hydrogens is 621 g/mol. The number of nitrogens with zero attached hydrogens (tertiary/aromatic N) is 6. The molecule has 0 aliphatic carbocycles. The Hall–Kier alpha value is -5.92. The Labute approximate surface area is 287 Å². The first-order valence-corrected chi connectivity index (χ1v) is 17.1. The number of rotatable bonds is 4. The Morgan fingerprint density at radius 3 is 1.33 bits per heavy atom. The first kappa shape index (κ1) is 29.2. The monoisotopic (exact) mass is 650 g/mol. The van der Waals surface area contributed by atoms with Crippen LogP contribution >= 0.6 is 11.3 Å². The second kappa shape index (κ2) is 11.4. The lowest BCUT2D eigenvalue weighted by atomic mass is 9.92. The molecule has 5 aromatic heterocycles. The highest BCUT2D eigenvalue weighted by atomic mass is 32.1. The van der Waals surface area contributed by atoms with Gasteiger partial charge in [0.15, 0.2) is 0 Å². The molecule has 0 amide bonds. The molecule has 0 unspecified atom stereocenters. The summed E-state index contributed by atoms with van der Waals surface area (Å²) in [5, 5.41) is 22.1. The lowest BCUT2D eigenvalue weighted by Gasteiger charge is -2.14. The van der Waals surface area contributed by atoms with Crippen LogP contribution in [0.25, 0.3) is 86.7 Å². The molecule has 0 radical (unpaired) electrons. The fourth-order valence-corrected chi connectivity index (χ4v) is 8.38. The summed E-state index contributed by atoms with van der Waals surface area (Å²) in [5.41, 5.74) is 14.9. The van der Waals surface area contributed by atoms with Crippen molar-refractivity contribution < 1.29 is 0 Å². The molecule has 49 heavy (non-hydrogen) atoms. The molecule has 7 heteroatoms. The Balaban J connectivity index is 1.12. The van der Waals surface area contributed by atoms with E-state index in [-0.39, 0.29) is 0 Å². The van der Waals surface area contributed by atoms with Gasteiger partial charge in [-0.2, -0.15) is 10.2 Å². The van der Waals surface area contributed by atoms with E-state index >= 15 is 0 Å². The highest BCUT2D eigenvalue weighted by Crippen LogP contribution is 2.41. The van der Waals surface area contributed by atoms with Crippen molar-refractivity contribution in [3.8, 4) is 44.8 Å². The second-order valence-corrected chi connectivity index (χ2v) is 13.8. The maximum Gasteiger partial charge on any atom is 0.120 e. The molecule has 0 atom stereocenters. The van der Waals surface area contributed by atoms with Crippen molar-refractivity contribution in [2.24, 2.45) is 0 Å². The number of fused-ring (bicyclic) bond motifs is 5. The van der Waals surface area contributed by atoms with Gasteiger partial charge in [-0.15, -0.1) is 21.5 Å². The van der Waals surface area contributed by atoms with E-state index in [4.69, 9.17) is 0 Å². The van der Waals surface area contributed by atoms with Gasteiger partial charge in [-0.05, 0) is 121 Å². The minimum absolute atomic E-state index is 0.826. The molecule has 0 saturated heterocycles. The molecule has 9 aromatic rings. The zero-order chi connectivity index (χ0) is 33.2. The van der Waals surface area contributed by atoms with E-state index < -0.39 is 0 Å². The number of benzene rings is 4. The van der Waals surface area contributed by atoms with Crippen molar-refractivity contribution in [1.82, 2.24) is 30.4 Å². The van der Waals surface area contributed by atoms with Gasteiger partial charge in [0.1, 0.15) is 11.4 Å². The molecule has 0 aliphatic rings. The summed E-state index contributed by atoms with van der Waals surface area (Å²) in [7, 11) is 0. The third kappa shape index (κ3) is 4.85. The average Bonchev–Trinajstić information content (AvgIpc) is 3.48. The first-order chi connectivity index (χ1) is 23.9. The van der Waals surface area contributed by atoms with Crippen LogP contribution in [0.1, 0.15) is 22.3 Å². The van der Waals surface area contributed by atoms with Crippen molar-refractivity contribution in [2.75, 3.05) is 0 Å². The largest absolute Gasteiger partial charge is 0.254 e. The SMILES string of the molecule is Cc1cc(-c2ccc3sc4ccc(-c5cc(C)c(-c6nncc7cccnc67)c(C)c5)cc4c3c2)cc(C)c1-c1nncc2cccnc12. The second-order valence-electron chi connectivity index (χ2n) is 12.8. The smallest absolute Gasteiger partial charge is 0.120 e. The van der Waals surface area contributed by atoms with Crippen LogP contribution in [0.2, 0.25) is 0 Å². The maximum absolute atomic E-state index is 4.64. The summed E-state index contributed by atoms with van der Waals surface area (Å²) in [4.78, 5) is 9.27. The summed E-state index contributed by atoms with van der Waals surface area (Å²) in [6.45, 7) is 8.61. The van der Waals surface area contributed by atoms with Crippen LogP contribution in [-0.2, 0) is 0 Å². The molecule has 6 nitrogen and oxygen atoms in total. The highest BCUT2D eigenvalue weighted by molar-refractivity contribution is 7.25. The molecule has 0 aliphatic heterocycles. The Bertz CT molecular complexity index is 2540. The lowest BCUT2D eigenvalue weighted by Crippen LogP contribution is -1.97. The average molecular weight is 651 g/mol. The van der Waals surface area contributed by atoms with E-state index in [1.165, 1.54) is 42.4 Å². The minimum atomic E-state index is 0.826. The van der Waals surface area contributed by atoms with Gasteiger partial charge < -0.3 is 0 Å². The van der Waals surface area contributed by atoms with E-state index in [2.05, 4.69) is 119 Å². The van der Waals surface area contributed by atoms with Crippen molar-refractivity contribution in [3.05, 3.63) is 132 Å². The summed E-state index contributed by atoms with van der Waals surface area (Å²) in [6, 6.07) is 30.6. The molecule has 0 N–H and O–H groups in total. The van der Waals surface area contributed by atoms with Gasteiger partial charge in [0.25, 0.3) is 0 Å². The summed E-state index contributed by atoms with van der Waals surface area (Å²) in [5.74, 6) is 0. The van der Waals surface area contributed by atoms with Gasteiger partial charge in [-0.3, -0.25) is 9.97 Å². The van der Waals surface area contributed by atoms with Gasteiger partial charge >= 0.3 is 0 Å². The summed E-state index contributed by atoms with van der Waals surface area (Å²) >= 11 is 1.84. The van der Waals surface area contributed by atoms with Gasteiger partial charge in [0.2, 0.25) is 0 Å². The van der Waals surface area contributed by atoms with Crippen LogP contribution in [0.4, 0.5) is 0 Å². The van der Waals surface area contributed by atoms with E-state index in [9.17, 15) is 0 Å². The summed E-state index contributed by atoms with van der Waals surface area (Å²) in [6.07, 6.45) is 7.17. The minimum Gasteiger partial charge on any atom is -0.254 e. The van der Waals surface area contributed by atoms with Crippen molar-refractivity contribution in [2.45, 2.75) is 27.7 Å². The third-order valence-corrected chi connectivity index (χ3v) is 10.7. The van der Waals surface area contributed by atoms with Crippen molar-refractivity contribution in [3.63, 3.8) is 0 Å². The van der Waals surface area contributed by atoms with E-state index in [1.54, 1.807) is 12.4 Å². The zero-order valence-corrected chi connectivity index (χ0v) is 28.3. The number of thiophene rings is 1. The molecule has 9 rings (SSSR count). The van der Waals surface area contributed by atoms with Crippen LogP contribution in [0.15, 0.2) is 110 Å². The van der Waals surface area contributed by atoms with E-state index in [1.807, 2.05) is 48.0 Å². The molecule has 0 bridgehead atoms. The van der Waals surface area contributed by atoms with E-state index in [0.29, 0.717) is 0 Å². The molecule has 4 aromatic carbocycles. The fourth-order valence-electron chi connectivity index (χ4n) is 7.31. The molecular formula is C42H30N6S. The normalized spacial score (nSPS) is 11.7. The summed E-state index contributed by atoms with van der Waals surface area (Å²) < 4.78 is 2.56. The molecule has 0 spiro atoms. The number of pyridine rings is 2. The number of hydrogen-bond acceptors (Lipinski definition) is 7. The van der Waals surface area contributed by atoms with Crippen LogP contribution < -0.4 is 0 Å². The highest BCUT2D eigenvalue weighted by Gasteiger charge is 2.17. The molecule has 234 valence electrons. The van der Waals surface area contributed by atoms with Crippen LogP contribution in [0, 0.1) is 27.7 Å². The lowest BCUT2D eigenvalue weighted by molar-refractivity contribution is 1.05. The Kier molecular flexibility index (Phi) is 6.78. The van der Waals surface area contributed by atoms with Crippen LogP contribution in [0.3, 0.4) is 0 Å². The topological polar surface area (TPSA) is 77.3 Å². The fraction of sp³-hybridized carbons (Fsp3) is 0.0952. The van der Waals surface area contributed by atoms with Crippen LogP contribution in [0.5, 0.6) is 0 Å². The predicted octanol–water partition coefficient (Wildman–Crippen LogP) is 10.6. The predicted molar refractivity (Wildman–Crippen MR) is 202 cm³/mol. The standard InChI is InChI=1S/C42H30N6S/c1-23-15-31(16-24(2)37(23)41-39-29(21-45-47-41)7-5-13-43-39)27-9-11-35-33(19-27)34-20-28(10-12-36(34)49-35)32-17-25(3)38(26(4)18-32)42-40-30(22-46-48-42)8-6-14-44-40/h5-22H,1-4H3. The van der Waals surface area contributed by atoms with E-state index in [0.717, 1.165) is 66.6 Å². The molecule has 5 heterocycles. The molecule has 0 saturated carbocycles. The van der Waals surface area contributed by atoms with Crippen molar-refractivity contribution >= 4 is 53.3 Å². The Morgan fingerprint density at radius 2 is 0.898 bits per heavy atom. The molecule has 0 fully saturated rings. The van der Waals surface area contributed by atoms with Gasteiger partial charge in [-0.1, -0.05) is 36.4 Å². The third-order valence-electron chi connectivity index (χ3n) is 9.51. The van der Waals surface area contributed by atoms with Gasteiger partial charge in [0.05, 0.1) is 23.4 Å². The quantitative estimate of drug-likeness (QED) is 0.189.